The Labute approximate surface area is 128 Å². The van der Waals surface area contributed by atoms with Crippen LogP contribution in [0.2, 0.25) is 0 Å². The molecule has 0 unspecified atom stereocenters. The van der Waals surface area contributed by atoms with Crippen molar-refractivity contribution in [2.75, 3.05) is 0 Å². The van der Waals surface area contributed by atoms with Gasteiger partial charge in [0.05, 0.1) is 11.1 Å². The van der Waals surface area contributed by atoms with Crippen LogP contribution in [0.25, 0.3) is 0 Å². The highest BCUT2D eigenvalue weighted by Crippen LogP contribution is 2.29. The summed E-state index contributed by atoms with van der Waals surface area (Å²) in [4.78, 5) is 30.4. The smallest absolute Gasteiger partial charge is 0.266 e. The predicted molar refractivity (Wildman–Crippen MR) is 82.0 cm³/mol. The van der Waals surface area contributed by atoms with Crippen molar-refractivity contribution in [3.8, 4) is 0 Å². The Morgan fingerprint density at radius 1 is 0.955 bits per heavy atom. The number of fused-ring (bicyclic) bond motifs is 1. The normalized spacial score (nSPS) is 14.8. The van der Waals surface area contributed by atoms with Gasteiger partial charge in [-0.2, -0.15) is 0 Å². The maximum Gasteiger partial charge on any atom is 0.285 e. The highest BCUT2D eigenvalue weighted by molar-refractivity contribution is 6.20. The van der Waals surface area contributed by atoms with Gasteiger partial charge in [0.2, 0.25) is 0 Å². The molecule has 0 bridgehead atoms. The zero-order valence-electron chi connectivity index (χ0n) is 11.9. The van der Waals surface area contributed by atoms with Crippen LogP contribution in [0.4, 0.5) is 0 Å². The number of rotatable bonds is 5. The summed E-state index contributed by atoms with van der Waals surface area (Å²) in [5, 5.41) is 0.853. The van der Waals surface area contributed by atoms with Crippen LogP contribution >= 0.6 is 0 Å². The van der Waals surface area contributed by atoms with Crippen molar-refractivity contribution in [2.45, 2.75) is 12.5 Å². The summed E-state index contributed by atoms with van der Waals surface area (Å²) in [6.07, 6.45) is 1.77. The van der Waals surface area contributed by atoms with E-state index in [-0.39, 0.29) is 0 Å². The molecule has 0 spiro atoms. The van der Waals surface area contributed by atoms with Crippen molar-refractivity contribution in [3.63, 3.8) is 0 Å². The average Bonchev–Trinajstić information content (AvgIpc) is 2.80. The zero-order valence-corrected chi connectivity index (χ0v) is 11.9. The first-order chi connectivity index (χ1) is 10.7. The molecule has 1 aliphatic heterocycles. The van der Waals surface area contributed by atoms with Gasteiger partial charge in [-0.25, -0.2) is 0 Å². The third-order valence-corrected chi connectivity index (χ3v) is 3.54. The number of carbonyl (C=O) groups excluding carboxylic acids is 2. The van der Waals surface area contributed by atoms with Crippen molar-refractivity contribution in [1.82, 2.24) is 5.06 Å². The molecule has 110 valence electrons. The van der Waals surface area contributed by atoms with Gasteiger partial charge in [0, 0.05) is 0 Å². The summed E-state index contributed by atoms with van der Waals surface area (Å²) in [7, 11) is 0. The van der Waals surface area contributed by atoms with E-state index in [1.54, 1.807) is 30.3 Å². The van der Waals surface area contributed by atoms with Crippen molar-refractivity contribution < 1.29 is 14.4 Å². The van der Waals surface area contributed by atoms with Crippen LogP contribution in [0.15, 0.2) is 67.3 Å². The number of carbonyl (C=O) groups is 2. The lowest BCUT2D eigenvalue weighted by molar-refractivity contribution is -0.133. The van der Waals surface area contributed by atoms with Crippen LogP contribution in [0.1, 0.15) is 38.8 Å². The molecule has 1 aliphatic rings. The van der Waals surface area contributed by atoms with Gasteiger partial charge in [-0.1, -0.05) is 48.5 Å². The maximum atomic E-state index is 12.3. The summed E-state index contributed by atoms with van der Waals surface area (Å²) in [5.41, 5.74) is 1.63. The van der Waals surface area contributed by atoms with E-state index < -0.39 is 17.9 Å². The average molecular weight is 293 g/mol. The molecule has 4 nitrogen and oxygen atoms in total. The van der Waals surface area contributed by atoms with Crippen LogP contribution in [-0.2, 0) is 4.84 Å². The zero-order chi connectivity index (χ0) is 15.5. The molecule has 0 fully saturated rings. The van der Waals surface area contributed by atoms with Gasteiger partial charge in [0.1, 0.15) is 6.10 Å². The third kappa shape index (κ3) is 2.44. The van der Waals surface area contributed by atoms with Crippen molar-refractivity contribution in [3.05, 3.63) is 83.9 Å². The second kappa shape index (κ2) is 5.95. The summed E-state index contributed by atoms with van der Waals surface area (Å²) >= 11 is 0. The van der Waals surface area contributed by atoms with Crippen molar-refractivity contribution >= 4 is 11.8 Å². The van der Waals surface area contributed by atoms with E-state index in [1.165, 1.54) is 0 Å². The molecule has 4 heteroatoms. The van der Waals surface area contributed by atoms with E-state index in [9.17, 15) is 9.59 Å². The van der Waals surface area contributed by atoms with Crippen molar-refractivity contribution in [2.24, 2.45) is 0 Å². The number of hydrogen-bond donors (Lipinski definition) is 0. The molecular formula is C18H15NO3. The van der Waals surface area contributed by atoms with Gasteiger partial charge in [-0.05, 0) is 24.1 Å². The fourth-order valence-electron chi connectivity index (χ4n) is 2.45. The van der Waals surface area contributed by atoms with Gasteiger partial charge < -0.3 is 0 Å². The standard InChI is InChI=1S/C18H15NO3/c1-2-8-16(13-9-4-3-5-10-13)22-19-17(20)14-11-6-7-12-15(14)18(19)21/h2-7,9-12,16H,1,8H2/t16-/m1/s1. The third-order valence-electron chi connectivity index (χ3n) is 3.54. The highest BCUT2D eigenvalue weighted by Gasteiger charge is 2.38. The molecule has 3 rings (SSSR count). The molecule has 2 aromatic carbocycles. The number of hydroxylamine groups is 2. The minimum atomic E-state index is -0.430. The Morgan fingerprint density at radius 2 is 1.50 bits per heavy atom. The lowest BCUT2D eigenvalue weighted by Crippen LogP contribution is -2.31. The van der Waals surface area contributed by atoms with E-state index in [0.29, 0.717) is 17.5 Å². The van der Waals surface area contributed by atoms with Crippen LogP contribution in [-0.4, -0.2) is 16.9 Å². The Kier molecular flexibility index (Phi) is 3.85. The molecular weight excluding hydrogens is 278 g/mol. The summed E-state index contributed by atoms with van der Waals surface area (Å²) in [5.74, 6) is -0.851. The molecule has 1 heterocycles. The molecule has 22 heavy (non-hydrogen) atoms. The predicted octanol–water partition coefficient (Wildman–Crippen LogP) is 3.53. The van der Waals surface area contributed by atoms with Gasteiger partial charge in [0.15, 0.2) is 0 Å². The number of hydrogen-bond acceptors (Lipinski definition) is 3. The molecule has 0 N–H and O–H groups in total. The quantitative estimate of drug-likeness (QED) is 0.626. The second-order valence-corrected chi connectivity index (χ2v) is 4.98. The summed E-state index contributed by atoms with van der Waals surface area (Å²) in [6, 6.07) is 16.2. The Morgan fingerprint density at radius 3 is 2.05 bits per heavy atom. The first-order valence-corrected chi connectivity index (χ1v) is 7.03. The lowest BCUT2D eigenvalue weighted by atomic mass is 10.1. The molecule has 0 saturated carbocycles. The molecule has 0 radical (unpaired) electrons. The maximum absolute atomic E-state index is 12.3. The lowest BCUT2D eigenvalue weighted by Gasteiger charge is -2.21. The summed E-state index contributed by atoms with van der Waals surface area (Å²) in [6.45, 7) is 3.71. The Bertz CT molecular complexity index is 689. The summed E-state index contributed by atoms with van der Waals surface area (Å²) < 4.78 is 0. The molecule has 0 aromatic heterocycles. The van der Waals surface area contributed by atoms with Gasteiger partial charge in [0.25, 0.3) is 11.8 Å². The molecule has 0 aliphatic carbocycles. The van der Waals surface area contributed by atoms with Gasteiger partial charge in [-0.3, -0.25) is 14.4 Å². The highest BCUT2D eigenvalue weighted by atomic mass is 16.7. The Hall–Kier alpha value is -2.72. The van der Waals surface area contributed by atoms with Crippen molar-refractivity contribution in [1.29, 1.82) is 0 Å². The first-order valence-electron chi connectivity index (χ1n) is 7.03. The first kappa shape index (κ1) is 14.2. The van der Waals surface area contributed by atoms with Crippen LogP contribution in [0.5, 0.6) is 0 Å². The number of benzene rings is 2. The van der Waals surface area contributed by atoms with E-state index in [4.69, 9.17) is 4.84 Å². The van der Waals surface area contributed by atoms with Crippen LogP contribution < -0.4 is 0 Å². The van der Waals surface area contributed by atoms with Gasteiger partial charge >= 0.3 is 0 Å². The largest absolute Gasteiger partial charge is 0.285 e. The topological polar surface area (TPSA) is 46.6 Å². The van der Waals surface area contributed by atoms with E-state index >= 15 is 0 Å². The van der Waals surface area contributed by atoms with Crippen LogP contribution in [0.3, 0.4) is 0 Å². The Balaban J connectivity index is 1.87. The second-order valence-electron chi connectivity index (χ2n) is 4.98. The SMILES string of the molecule is C=CC[C@@H](ON1C(=O)c2ccccc2C1=O)c1ccccc1. The number of nitrogens with zero attached hydrogens (tertiary/aromatic N) is 1. The minimum Gasteiger partial charge on any atom is -0.266 e. The monoisotopic (exact) mass is 293 g/mol. The van der Waals surface area contributed by atoms with E-state index in [2.05, 4.69) is 6.58 Å². The molecule has 0 saturated heterocycles. The van der Waals surface area contributed by atoms with E-state index in [0.717, 1.165) is 10.6 Å². The fourth-order valence-corrected chi connectivity index (χ4v) is 2.45. The molecule has 2 aromatic rings. The minimum absolute atomic E-state index is 0.373. The van der Waals surface area contributed by atoms with Crippen LogP contribution in [0, 0.1) is 0 Å². The number of amides is 2. The van der Waals surface area contributed by atoms with Gasteiger partial charge in [-0.15, -0.1) is 11.6 Å². The molecule has 2 amide bonds. The molecule has 1 atom stereocenters. The number of imide groups is 1. The fraction of sp³-hybridized carbons (Fsp3) is 0.111. The van der Waals surface area contributed by atoms with E-state index in [1.807, 2.05) is 30.3 Å².